The molecular formula is C30H28N4. The Balaban J connectivity index is 1.38. The first-order valence-electron chi connectivity index (χ1n) is 11.6. The zero-order valence-corrected chi connectivity index (χ0v) is 19.3. The van der Waals surface area contributed by atoms with Crippen molar-refractivity contribution in [3.8, 4) is 11.1 Å². The molecule has 0 radical (unpaired) electrons. The van der Waals surface area contributed by atoms with Gasteiger partial charge in [-0.2, -0.15) is 5.10 Å². The Morgan fingerprint density at radius 3 is 2.09 bits per heavy atom. The molecule has 4 aromatic carbocycles. The SMILES string of the molecule is Cc1ccc(NC2CC(c3ccc(-c4ccccc4)cc3)=NNC2=NCc2ccccc2)cc1. The van der Waals surface area contributed by atoms with Gasteiger partial charge in [0, 0.05) is 12.1 Å². The highest BCUT2D eigenvalue weighted by Crippen LogP contribution is 2.22. The summed E-state index contributed by atoms with van der Waals surface area (Å²) in [5.74, 6) is 0.856. The molecule has 168 valence electrons. The van der Waals surface area contributed by atoms with Gasteiger partial charge in [-0.15, -0.1) is 0 Å². The van der Waals surface area contributed by atoms with Crippen molar-refractivity contribution in [1.29, 1.82) is 0 Å². The van der Waals surface area contributed by atoms with Crippen LogP contribution in [-0.2, 0) is 6.54 Å². The number of aliphatic imine (C=N–C) groups is 1. The summed E-state index contributed by atoms with van der Waals surface area (Å²) in [5.41, 5.74) is 11.3. The largest absolute Gasteiger partial charge is 0.375 e. The van der Waals surface area contributed by atoms with Crippen molar-refractivity contribution in [2.75, 3.05) is 5.32 Å². The van der Waals surface area contributed by atoms with Crippen molar-refractivity contribution in [2.24, 2.45) is 10.1 Å². The summed E-state index contributed by atoms with van der Waals surface area (Å²) in [5, 5.41) is 8.35. The van der Waals surface area contributed by atoms with E-state index in [1.54, 1.807) is 0 Å². The van der Waals surface area contributed by atoms with Crippen molar-refractivity contribution in [2.45, 2.75) is 25.9 Å². The van der Waals surface area contributed by atoms with Crippen LogP contribution in [0, 0.1) is 6.92 Å². The van der Waals surface area contributed by atoms with Gasteiger partial charge in [-0.25, -0.2) is 0 Å². The Bertz CT molecular complexity index is 1280. The van der Waals surface area contributed by atoms with Gasteiger partial charge in [0.1, 0.15) is 5.84 Å². The minimum absolute atomic E-state index is 0.00715. The van der Waals surface area contributed by atoms with Gasteiger partial charge >= 0.3 is 0 Å². The second kappa shape index (κ2) is 10.2. The van der Waals surface area contributed by atoms with Crippen LogP contribution in [0.15, 0.2) is 119 Å². The van der Waals surface area contributed by atoms with Crippen molar-refractivity contribution >= 4 is 17.2 Å². The molecule has 0 amide bonds. The van der Waals surface area contributed by atoms with Crippen LogP contribution in [0.25, 0.3) is 11.1 Å². The summed E-state index contributed by atoms with van der Waals surface area (Å²) in [4.78, 5) is 4.87. The van der Waals surface area contributed by atoms with Crippen LogP contribution in [0.3, 0.4) is 0 Å². The molecular weight excluding hydrogens is 416 g/mol. The van der Waals surface area contributed by atoms with E-state index in [1.807, 2.05) is 24.3 Å². The molecule has 0 fully saturated rings. The van der Waals surface area contributed by atoms with Crippen LogP contribution >= 0.6 is 0 Å². The highest BCUT2D eigenvalue weighted by molar-refractivity contribution is 6.07. The smallest absolute Gasteiger partial charge is 0.140 e. The van der Waals surface area contributed by atoms with Crippen molar-refractivity contribution in [3.63, 3.8) is 0 Å². The van der Waals surface area contributed by atoms with Crippen LogP contribution in [0.5, 0.6) is 0 Å². The predicted molar refractivity (Wildman–Crippen MR) is 142 cm³/mol. The number of hydrazone groups is 1. The lowest BCUT2D eigenvalue weighted by Crippen LogP contribution is -2.43. The van der Waals surface area contributed by atoms with E-state index in [4.69, 9.17) is 10.1 Å². The maximum atomic E-state index is 4.87. The molecule has 4 aromatic rings. The molecule has 0 saturated carbocycles. The third kappa shape index (κ3) is 5.24. The summed E-state index contributed by atoms with van der Waals surface area (Å²) in [6, 6.07) is 37.8. The fraction of sp³-hybridized carbons (Fsp3) is 0.133. The van der Waals surface area contributed by atoms with Gasteiger partial charge in [0.05, 0.1) is 18.3 Å². The first-order chi connectivity index (χ1) is 16.7. The monoisotopic (exact) mass is 444 g/mol. The average Bonchev–Trinajstić information content (AvgIpc) is 2.90. The summed E-state index contributed by atoms with van der Waals surface area (Å²) in [7, 11) is 0. The quantitative estimate of drug-likeness (QED) is 0.360. The second-order valence-electron chi connectivity index (χ2n) is 8.57. The Labute approximate surface area is 201 Å². The highest BCUT2D eigenvalue weighted by atomic mass is 15.3. The van der Waals surface area contributed by atoms with E-state index in [0.717, 1.165) is 29.2 Å². The van der Waals surface area contributed by atoms with E-state index >= 15 is 0 Å². The topological polar surface area (TPSA) is 48.8 Å². The predicted octanol–water partition coefficient (Wildman–Crippen LogP) is 6.44. The number of rotatable bonds is 6. The lowest BCUT2D eigenvalue weighted by Gasteiger charge is -2.27. The van der Waals surface area contributed by atoms with Gasteiger partial charge in [0.25, 0.3) is 0 Å². The number of hydrogen-bond donors (Lipinski definition) is 2. The zero-order valence-electron chi connectivity index (χ0n) is 19.3. The van der Waals surface area contributed by atoms with Gasteiger partial charge in [0.15, 0.2) is 0 Å². The lowest BCUT2D eigenvalue weighted by molar-refractivity contribution is 0.817. The lowest BCUT2D eigenvalue weighted by atomic mass is 9.97. The Kier molecular flexibility index (Phi) is 6.48. The van der Waals surface area contributed by atoms with E-state index < -0.39 is 0 Å². The minimum atomic E-state index is 0.00715. The molecule has 0 aromatic heterocycles. The molecule has 4 nitrogen and oxygen atoms in total. The number of aryl methyl sites for hydroxylation is 1. The molecule has 4 heteroatoms. The van der Waals surface area contributed by atoms with Crippen LogP contribution in [-0.4, -0.2) is 17.6 Å². The highest BCUT2D eigenvalue weighted by Gasteiger charge is 2.24. The first kappa shape index (κ1) is 21.7. The number of nitrogens with one attached hydrogen (secondary N) is 2. The van der Waals surface area contributed by atoms with Crippen molar-refractivity contribution < 1.29 is 0 Å². The number of nitrogens with zero attached hydrogens (tertiary/aromatic N) is 2. The normalized spacial score (nSPS) is 16.6. The summed E-state index contributed by atoms with van der Waals surface area (Å²) < 4.78 is 0. The van der Waals surface area contributed by atoms with Crippen molar-refractivity contribution in [3.05, 3.63) is 126 Å². The molecule has 2 N–H and O–H groups in total. The first-order valence-corrected chi connectivity index (χ1v) is 11.6. The molecule has 1 aliphatic rings. The van der Waals surface area contributed by atoms with Gasteiger partial charge in [-0.05, 0) is 41.3 Å². The number of hydrogen-bond acceptors (Lipinski definition) is 3. The second-order valence-corrected chi connectivity index (χ2v) is 8.57. The molecule has 0 saturated heterocycles. The van der Waals surface area contributed by atoms with Gasteiger partial charge < -0.3 is 5.32 Å². The van der Waals surface area contributed by atoms with E-state index in [-0.39, 0.29) is 6.04 Å². The van der Waals surface area contributed by atoms with E-state index in [1.165, 1.54) is 22.3 Å². The van der Waals surface area contributed by atoms with E-state index in [0.29, 0.717) is 6.54 Å². The molecule has 0 bridgehead atoms. The summed E-state index contributed by atoms with van der Waals surface area (Å²) in [6.45, 7) is 2.72. The Hall–Kier alpha value is -4.18. The Morgan fingerprint density at radius 1 is 0.765 bits per heavy atom. The maximum absolute atomic E-state index is 4.87. The number of benzene rings is 4. The zero-order chi connectivity index (χ0) is 23.2. The fourth-order valence-corrected chi connectivity index (χ4v) is 4.08. The number of amidine groups is 1. The van der Waals surface area contributed by atoms with Gasteiger partial charge in [0.2, 0.25) is 0 Å². The third-order valence-corrected chi connectivity index (χ3v) is 6.03. The summed E-state index contributed by atoms with van der Waals surface area (Å²) >= 11 is 0. The average molecular weight is 445 g/mol. The molecule has 1 atom stereocenters. The van der Waals surface area contributed by atoms with Gasteiger partial charge in [-0.1, -0.05) is 103 Å². The molecule has 1 heterocycles. The standard InChI is InChI=1S/C30H28N4/c1-22-12-18-27(19-13-22)32-29-20-28(33-34-30(29)31-21-23-8-4-2-5-9-23)26-16-14-25(15-17-26)24-10-6-3-7-11-24/h2-19,29,32H,20-21H2,1H3,(H,31,34). The van der Waals surface area contributed by atoms with E-state index in [2.05, 4.69) is 103 Å². The minimum Gasteiger partial charge on any atom is -0.375 e. The third-order valence-electron chi connectivity index (χ3n) is 6.03. The fourth-order valence-electron chi connectivity index (χ4n) is 4.08. The molecule has 1 aliphatic heterocycles. The number of anilines is 1. The van der Waals surface area contributed by atoms with Crippen LogP contribution in [0.4, 0.5) is 5.69 Å². The molecule has 34 heavy (non-hydrogen) atoms. The van der Waals surface area contributed by atoms with E-state index in [9.17, 15) is 0 Å². The summed E-state index contributed by atoms with van der Waals surface area (Å²) in [6.07, 6.45) is 0.749. The van der Waals surface area contributed by atoms with Crippen LogP contribution < -0.4 is 10.7 Å². The van der Waals surface area contributed by atoms with Crippen LogP contribution in [0.1, 0.15) is 23.1 Å². The molecule has 0 aliphatic carbocycles. The van der Waals surface area contributed by atoms with Crippen molar-refractivity contribution in [1.82, 2.24) is 5.43 Å². The molecule has 5 rings (SSSR count). The Morgan fingerprint density at radius 2 is 1.38 bits per heavy atom. The molecule has 1 unspecified atom stereocenters. The maximum Gasteiger partial charge on any atom is 0.140 e. The molecule has 0 spiro atoms. The van der Waals surface area contributed by atoms with Gasteiger partial charge in [-0.3, -0.25) is 10.4 Å². The van der Waals surface area contributed by atoms with Crippen LogP contribution in [0.2, 0.25) is 0 Å².